The molecule has 3 rings (SSSR count). The second kappa shape index (κ2) is 8.19. The molecule has 2 heterocycles. The highest BCUT2D eigenvalue weighted by molar-refractivity contribution is 7.20. The van der Waals surface area contributed by atoms with Crippen LogP contribution in [-0.2, 0) is 6.18 Å². The van der Waals surface area contributed by atoms with E-state index in [1.54, 1.807) is 5.01 Å². The number of anilines is 1. The third kappa shape index (κ3) is 4.82. The van der Waals surface area contributed by atoms with Crippen LogP contribution >= 0.6 is 11.3 Å². The fraction of sp³-hybridized carbons (Fsp3) is 0.333. The van der Waals surface area contributed by atoms with Crippen molar-refractivity contribution < 1.29 is 22.8 Å². The number of piperidine rings is 1. The second-order valence-corrected chi connectivity index (χ2v) is 7.46. The van der Waals surface area contributed by atoms with E-state index in [0.29, 0.717) is 10.4 Å². The molecular weight excluding hydrogens is 393 g/mol. The number of thiophene rings is 1. The number of amides is 3. The molecule has 6 nitrogen and oxygen atoms in total. The van der Waals surface area contributed by atoms with Gasteiger partial charge in [0.1, 0.15) is 5.00 Å². The van der Waals surface area contributed by atoms with Crippen LogP contribution < -0.4 is 16.5 Å². The van der Waals surface area contributed by atoms with Crippen molar-refractivity contribution in [1.29, 1.82) is 0 Å². The zero-order valence-corrected chi connectivity index (χ0v) is 15.6. The van der Waals surface area contributed by atoms with Gasteiger partial charge in [-0.2, -0.15) is 13.2 Å². The summed E-state index contributed by atoms with van der Waals surface area (Å²) in [6, 6.07) is 5.40. The van der Waals surface area contributed by atoms with Crippen LogP contribution in [-0.4, -0.2) is 30.0 Å². The Hall–Kier alpha value is -2.59. The molecule has 10 heteroatoms. The van der Waals surface area contributed by atoms with Crippen molar-refractivity contribution in [3.8, 4) is 10.4 Å². The lowest BCUT2D eigenvalue weighted by Crippen LogP contribution is -2.45. The Balaban J connectivity index is 1.91. The Morgan fingerprint density at radius 2 is 1.82 bits per heavy atom. The van der Waals surface area contributed by atoms with Crippen LogP contribution in [0.4, 0.5) is 23.0 Å². The molecule has 0 spiro atoms. The standard InChI is InChI=1S/C18H19F3N4O2S/c19-18(20,21)12-6-4-5-11(9-12)14-10-13(16(28-14)23-17(22)27)15(26)24-25-7-2-1-3-8-25/h4-6,9-10H,1-3,7-8H2,(H,24,26)(H3,22,23,27). The van der Waals surface area contributed by atoms with Gasteiger partial charge >= 0.3 is 12.2 Å². The monoisotopic (exact) mass is 412 g/mol. The summed E-state index contributed by atoms with van der Waals surface area (Å²) in [5.41, 5.74) is 7.61. The van der Waals surface area contributed by atoms with Crippen molar-refractivity contribution in [2.24, 2.45) is 5.73 Å². The maximum Gasteiger partial charge on any atom is 0.416 e. The van der Waals surface area contributed by atoms with Gasteiger partial charge in [0.05, 0.1) is 11.1 Å². The van der Waals surface area contributed by atoms with Crippen LogP contribution in [0.5, 0.6) is 0 Å². The number of rotatable bonds is 4. The average molecular weight is 412 g/mol. The minimum Gasteiger partial charge on any atom is -0.351 e. The highest BCUT2D eigenvalue weighted by Crippen LogP contribution is 2.38. The molecule has 0 bridgehead atoms. The van der Waals surface area contributed by atoms with Crippen LogP contribution in [0.15, 0.2) is 30.3 Å². The molecule has 0 aliphatic carbocycles. The van der Waals surface area contributed by atoms with E-state index in [-0.39, 0.29) is 10.6 Å². The maximum absolute atomic E-state index is 13.0. The molecule has 28 heavy (non-hydrogen) atoms. The number of hydrazine groups is 1. The summed E-state index contributed by atoms with van der Waals surface area (Å²) in [7, 11) is 0. The number of nitrogens with one attached hydrogen (secondary N) is 2. The fourth-order valence-corrected chi connectivity index (χ4v) is 4.02. The number of alkyl halides is 3. The molecule has 1 fully saturated rings. The molecule has 0 atom stereocenters. The normalized spacial score (nSPS) is 15.2. The van der Waals surface area contributed by atoms with E-state index in [1.807, 2.05) is 0 Å². The Morgan fingerprint density at radius 1 is 1.11 bits per heavy atom. The van der Waals surface area contributed by atoms with Gasteiger partial charge in [-0.1, -0.05) is 18.6 Å². The maximum atomic E-state index is 13.0. The van der Waals surface area contributed by atoms with Crippen LogP contribution in [0.25, 0.3) is 10.4 Å². The molecule has 1 aromatic carbocycles. The minimum absolute atomic E-state index is 0.154. The number of halogens is 3. The Kier molecular flexibility index (Phi) is 5.90. The van der Waals surface area contributed by atoms with Crippen LogP contribution in [0.3, 0.4) is 0 Å². The van der Waals surface area contributed by atoms with Crippen molar-refractivity contribution in [3.05, 3.63) is 41.5 Å². The van der Waals surface area contributed by atoms with E-state index in [1.165, 1.54) is 18.2 Å². The van der Waals surface area contributed by atoms with Crippen LogP contribution in [0, 0.1) is 0 Å². The number of carbonyl (C=O) groups excluding carboxylic acids is 2. The first kappa shape index (κ1) is 20.2. The molecule has 0 unspecified atom stereocenters. The fourth-order valence-electron chi connectivity index (χ4n) is 2.97. The minimum atomic E-state index is -4.48. The number of urea groups is 1. The zero-order chi connectivity index (χ0) is 20.3. The summed E-state index contributed by atoms with van der Waals surface area (Å²) >= 11 is 0.992. The van der Waals surface area contributed by atoms with Crippen molar-refractivity contribution in [2.75, 3.05) is 18.4 Å². The van der Waals surface area contributed by atoms with Crippen molar-refractivity contribution in [2.45, 2.75) is 25.4 Å². The summed E-state index contributed by atoms with van der Waals surface area (Å²) in [5.74, 6) is -0.444. The van der Waals surface area contributed by atoms with E-state index in [4.69, 9.17) is 5.73 Å². The predicted molar refractivity (Wildman–Crippen MR) is 101 cm³/mol. The highest BCUT2D eigenvalue weighted by atomic mass is 32.1. The second-order valence-electron chi connectivity index (χ2n) is 6.41. The quantitative estimate of drug-likeness (QED) is 0.708. The molecule has 1 aliphatic heterocycles. The molecule has 0 radical (unpaired) electrons. The summed E-state index contributed by atoms with van der Waals surface area (Å²) in [6.45, 7) is 1.43. The molecule has 0 saturated carbocycles. The number of primary amides is 1. The van der Waals surface area contributed by atoms with Crippen LogP contribution in [0.2, 0.25) is 0 Å². The molecule has 4 N–H and O–H groups in total. The van der Waals surface area contributed by atoms with Gasteiger partial charge in [0.25, 0.3) is 5.91 Å². The van der Waals surface area contributed by atoms with Gasteiger partial charge in [0, 0.05) is 18.0 Å². The Bertz CT molecular complexity index is 876. The number of hydrogen-bond donors (Lipinski definition) is 3. The summed E-state index contributed by atoms with van der Waals surface area (Å²) in [4.78, 5) is 24.4. The molecule has 150 valence electrons. The van der Waals surface area contributed by atoms with Gasteiger partial charge in [-0.15, -0.1) is 11.3 Å². The smallest absolute Gasteiger partial charge is 0.351 e. The van der Waals surface area contributed by atoms with E-state index in [0.717, 1.165) is 55.8 Å². The molecular formula is C18H19F3N4O2S. The summed E-state index contributed by atoms with van der Waals surface area (Å²) in [5, 5.41) is 4.36. The number of nitrogens with two attached hydrogens (primary N) is 1. The molecule has 1 aliphatic rings. The van der Waals surface area contributed by atoms with Gasteiger partial charge in [-0.3, -0.25) is 15.5 Å². The van der Waals surface area contributed by atoms with Crippen LogP contribution in [0.1, 0.15) is 35.2 Å². The third-order valence-electron chi connectivity index (χ3n) is 4.30. The van der Waals surface area contributed by atoms with E-state index in [9.17, 15) is 22.8 Å². The topological polar surface area (TPSA) is 87.5 Å². The first-order valence-corrected chi connectivity index (χ1v) is 9.49. The van der Waals surface area contributed by atoms with Crippen molar-refractivity contribution >= 4 is 28.3 Å². The molecule has 2 aromatic rings. The Labute approximate surface area is 163 Å². The largest absolute Gasteiger partial charge is 0.416 e. The predicted octanol–water partition coefficient (Wildman–Crippen LogP) is 4.06. The summed E-state index contributed by atoms with van der Waals surface area (Å²) in [6.07, 6.45) is -1.45. The summed E-state index contributed by atoms with van der Waals surface area (Å²) < 4.78 is 39.0. The first-order valence-electron chi connectivity index (χ1n) is 8.68. The first-order chi connectivity index (χ1) is 13.2. The van der Waals surface area contributed by atoms with Gasteiger partial charge in [-0.05, 0) is 36.6 Å². The van der Waals surface area contributed by atoms with E-state index in [2.05, 4.69) is 10.7 Å². The number of carbonyl (C=O) groups is 2. The molecule has 1 aromatic heterocycles. The lowest BCUT2D eigenvalue weighted by Gasteiger charge is -2.26. The van der Waals surface area contributed by atoms with Gasteiger partial charge < -0.3 is 5.73 Å². The van der Waals surface area contributed by atoms with Gasteiger partial charge in [0.2, 0.25) is 0 Å². The van der Waals surface area contributed by atoms with Crippen molar-refractivity contribution in [3.63, 3.8) is 0 Å². The highest BCUT2D eigenvalue weighted by Gasteiger charge is 2.31. The third-order valence-corrected chi connectivity index (χ3v) is 5.40. The van der Waals surface area contributed by atoms with Gasteiger partial charge in [-0.25, -0.2) is 9.80 Å². The number of nitrogens with zero attached hydrogens (tertiary/aromatic N) is 1. The zero-order valence-electron chi connectivity index (χ0n) is 14.8. The van der Waals surface area contributed by atoms with E-state index >= 15 is 0 Å². The lowest BCUT2D eigenvalue weighted by atomic mass is 10.1. The molecule has 3 amide bonds. The Morgan fingerprint density at radius 3 is 2.46 bits per heavy atom. The number of benzene rings is 1. The van der Waals surface area contributed by atoms with Crippen molar-refractivity contribution in [1.82, 2.24) is 10.4 Å². The molecule has 1 saturated heterocycles. The average Bonchev–Trinajstić information content (AvgIpc) is 3.05. The van der Waals surface area contributed by atoms with Gasteiger partial charge in [0.15, 0.2) is 0 Å². The number of hydrogen-bond acceptors (Lipinski definition) is 4. The van der Waals surface area contributed by atoms with E-state index < -0.39 is 23.7 Å². The SMILES string of the molecule is NC(=O)Nc1sc(-c2cccc(C(F)(F)F)c2)cc1C(=O)NN1CCCCC1. The lowest BCUT2D eigenvalue weighted by molar-refractivity contribution is -0.137.